The number of thiophene rings is 1. The maximum atomic E-state index is 8.81. The zero-order valence-electron chi connectivity index (χ0n) is 8.46. The van der Waals surface area contributed by atoms with Gasteiger partial charge in [0.05, 0.1) is 11.1 Å². The van der Waals surface area contributed by atoms with Gasteiger partial charge in [-0.3, -0.25) is 0 Å². The Kier molecular flexibility index (Phi) is 2.32. The number of nitriles is 1. The van der Waals surface area contributed by atoms with Gasteiger partial charge in [0.25, 0.3) is 0 Å². The number of imidazole rings is 1. The summed E-state index contributed by atoms with van der Waals surface area (Å²) in [7, 11) is 0. The molecule has 82 valence electrons. The molecular formula is C11H5ClN4S. The molecule has 0 saturated heterocycles. The van der Waals surface area contributed by atoms with Gasteiger partial charge >= 0.3 is 0 Å². The minimum absolute atomic E-state index is 0.411. The van der Waals surface area contributed by atoms with E-state index in [2.05, 4.69) is 16.2 Å². The lowest BCUT2D eigenvalue weighted by Gasteiger charge is -1.97. The minimum atomic E-state index is 0.411. The molecule has 0 aliphatic heterocycles. The van der Waals surface area contributed by atoms with Crippen molar-refractivity contribution in [2.24, 2.45) is 0 Å². The molecule has 4 nitrogen and oxygen atoms in total. The van der Waals surface area contributed by atoms with Crippen molar-refractivity contribution < 1.29 is 0 Å². The van der Waals surface area contributed by atoms with Gasteiger partial charge in [0.2, 0.25) is 0 Å². The van der Waals surface area contributed by atoms with Crippen LogP contribution in [0.4, 0.5) is 0 Å². The topological polar surface area (TPSA) is 54.0 Å². The minimum Gasteiger partial charge on any atom is -0.235 e. The number of hydrogen-bond acceptors (Lipinski definition) is 4. The van der Waals surface area contributed by atoms with Crippen molar-refractivity contribution in [1.29, 1.82) is 5.26 Å². The van der Waals surface area contributed by atoms with Gasteiger partial charge in [0.1, 0.15) is 21.8 Å². The van der Waals surface area contributed by atoms with Crippen molar-refractivity contribution in [1.82, 2.24) is 14.6 Å². The van der Waals surface area contributed by atoms with E-state index >= 15 is 0 Å². The van der Waals surface area contributed by atoms with Crippen LogP contribution in [0.25, 0.3) is 16.2 Å². The summed E-state index contributed by atoms with van der Waals surface area (Å²) in [6, 6.07) is 9.28. The van der Waals surface area contributed by atoms with Crippen LogP contribution in [0.3, 0.4) is 0 Å². The van der Waals surface area contributed by atoms with Gasteiger partial charge in [0, 0.05) is 0 Å². The average molecular weight is 261 g/mol. The first kappa shape index (κ1) is 10.3. The van der Waals surface area contributed by atoms with E-state index in [1.807, 2.05) is 6.07 Å². The van der Waals surface area contributed by atoms with E-state index in [0.29, 0.717) is 10.0 Å². The van der Waals surface area contributed by atoms with Gasteiger partial charge in [-0.05, 0) is 24.3 Å². The third kappa shape index (κ3) is 1.68. The Morgan fingerprint density at radius 2 is 2.18 bits per heavy atom. The van der Waals surface area contributed by atoms with Crippen molar-refractivity contribution in [2.45, 2.75) is 0 Å². The molecule has 0 aliphatic rings. The second-order valence-corrected chi connectivity index (χ2v) is 4.82. The molecule has 3 heterocycles. The molecule has 0 N–H and O–H groups in total. The Balaban J connectivity index is 2.23. The molecule has 0 bridgehead atoms. The average Bonchev–Trinajstić information content (AvgIpc) is 2.93. The van der Waals surface area contributed by atoms with Crippen molar-refractivity contribution in [2.75, 3.05) is 0 Å². The van der Waals surface area contributed by atoms with Crippen molar-refractivity contribution in [3.05, 3.63) is 40.5 Å². The van der Waals surface area contributed by atoms with Crippen LogP contribution in [-0.2, 0) is 0 Å². The lowest BCUT2D eigenvalue weighted by Crippen LogP contribution is -1.92. The van der Waals surface area contributed by atoms with E-state index in [0.717, 1.165) is 16.2 Å². The van der Waals surface area contributed by atoms with Crippen LogP contribution < -0.4 is 0 Å². The van der Waals surface area contributed by atoms with Crippen molar-refractivity contribution in [3.63, 3.8) is 0 Å². The summed E-state index contributed by atoms with van der Waals surface area (Å²) < 4.78 is 1.68. The molecule has 0 atom stereocenters. The van der Waals surface area contributed by atoms with Gasteiger partial charge in [-0.25, -0.2) is 9.50 Å². The fourth-order valence-corrected chi connectivity index (χ4v) is 2.49. The molecule has 0 saturated carbocycles. The number of rotatable bonds is 1. The normalized spacial score (nSPS) is 10.6. The van der Waals surface area contributed by atoms with Crippen molar-refractivity contribution >= 4 is 28.6 Å². The molecule has 6 heteroatoms. The number of fused-ring (bicyclic) bond motifs is 1. The lowest BCUT2D eigenvalue weighted by atomic mass is 10.3. The van der Waals surface area contributed by atoms with Gasteiger partial charge in [-0.15, -0.1) is 11.3 Å². The van der Waals surface area contributed by atoms with E-state index in [1.165, 1.54) is 11.3 Å². The molecule has 0 spiro atoms. The highest BCUT2D eigenvalue weighted by molar-refractivity contribution is 7.15. The summed E-state index contributed by atoms with van der Waals surface area (Å²) in [5, 5.41) is 13.4. The molecule has 3 aromatic heterocycles. The third-order valence-electron chi connectivity index (χ3n) is 2.30. The second kappa shape index (κ2) is 3.84. The maximum Gasteiger partial charge on any atom is 0.154 e. The van der Waals surface area contributed by atoms with E-state index < -0.39 is 0 Å². The molecule has 0 aliphatic carbocycles. The Hall–Kier alpha value is -1.90. The quantitative estimate of drug-likeness (QED) is 0.676. The summed E-state index contributed by atoms with van der Waals surface area (Å²) in [4.78, 5) is 5.85. The van der Waals surface area contributed by atoms with Crippen LogP contribution >= 0.6 is 22.9 Å². The van der Waals surface area contributed by atoms with Gasteiger partial charge in [-0.1, -0.05) is 11.6 Å². The van der Waals surface area contributed by atoms with E-state index in [9.17, 15) is 0 Å². The van der Waals surface area contributed by atoms with Crippen LogP contribution in [0, 0.1) is 11.3 Å². The number of aromatic nitrogens is 3. The molecular weight excluding hydrogens is 256 g/mol. The van der Waals surface area contributed by atoms with Gasteiger partial charge in [0.15, 0.2) is 5.65 Å². The highest BCUT2D eigenvalue weighted by Gasteiger charge is 2.09. The molecule has 17 heavy (non-hydrogen) atoms. The molecule has 0 fully saturated rings. The SMILES string of the molecule is N#Cc1ccc(-c2cnc3ccc(Cl)nn23)s1. The molecule has 0 unspecified atom stereocenters. The number of halogens is 1. The largest absolute Gasteiger partial charge is 0.235 e. The van der Waals surface area contributed by atoms with Crippen molar-refractivity contribution in [3.8, 4) is 16.6 Å². The van der Waals surface area contributed by atoms with Crippen LogP contribution in [0.5, 0.6) is 0 Å². The Morgan fingerprint density at radius 3 is 2.94 bits per heavy atom. The monoisotopic (exact) mass is 260 g/mol. The summed E-state index contributed by atoms with van der Waals surface area (Å²) in [5.74, 6) is 0. The number of hydrogen-bond donors (Lipinski definition) is 0. The third-order valence-corrected chi connectivity index (χ3v) is 3.51. The summed E-state index contributed by atoms with van der Waals surface area (Å²) in [6.45, 7) is 0. The fourth-order valence-electron chi connectivity index (χ4n) is 1.55. The van der Waals surface area contributed by atoms with Gasteiger partial charge in [-0.2, -0.15) is 10.4 Å². The first-order valence-electron chi connectivity index (χ1n) is 4.78. The summed E-state index contributed by atoms with van der Waals surface area (Å²) in [6.07, 6.45) is 1.73. The predicted molar refractivity (Wildman–Crippen MR) is 66.0 cm³/mol. The lowest BCUT2D eigenvalue weighted by molar-refractivity contribution is 0.945. The highest BCUT2D eigenvalue weighted by Crippen LogP contribution is 2.28. The van der Waals surface area contributed by atoms with Crippen LogP contribution in [0.2, 0.25) is 5.15 Å². The second-order valence-electron chi connectivity index (χ2n) is 3.35. The van der Waals surface area contributed by atoms with Crippen LogP contribution in [0.15, 0.2) is 30.5 Å². The summed E-state index contributed by atoms with van der Waals surface area (Å²) >= 11 is 7.27. The Labute approximate surface area is 106 Å². The molecule has 3 aromatic rings. The fraction of sp³-hybridized carbons (Fsp3) is 0. The first-order chi connectivity index (χ1) is 8.28. The van der Waals surface area contributed by atoms with Crippen LogP contribution in [-0.4, -0.2) is 14.6 Å². The Bertz CT molecular complexity index is 737. The number of nitrogens with zero attached hydrogens (tertiary/aromatic N) is 4. The maximum absolute atomic E-state index is 8.81. The van der Waals surface area contributed by atoms with E-state index in [1.54, 1.807) is 28.9 Å². The zero-order valence-corrected chi connectivity index (χ0v) is 10.0. The molecule has 3 rings (SSSR count). The van der Waals surface area contributed by atoms with E-state index in [4.69, 9.17) is 16.9 Å². The smallest absolute Gasteiger partial charge is 0.154 e. The standard InChI is InChI=1S/C11H5ClN4S/c12-10-3-4-11-14-6-8(16(11)15-10)9-2-1-7(5-13)17-9/h1-4,6H. The summed E-state index contributed by atoms with van der Waals surface area (Å²) in [5.41, 5.74) is 1.57. The molecule has 0 amide bonds. The van der Waals surface area contributed by atoms with Gasteiger partial charge < -0.3 is 0 Å². The first-order valence-corrected chi connectivity index (χ1v) is 5.98. The zero-order chi connectivity index (χ0) is 11.8. The Morgan fingerprint density at radius 1 is 1.29 bits per heavy atom. The highest BCUT2D eigenvalue weighted by atomic mass is 35.5. The van der Waals surface area contributed by atoms with Crippen LogP contribution in [0.1, 0.15) is 4.88 Å². The predicted octanol–water partition coefficient (Wildman–Crippen LogP) is 2.98. The molecule has 0 radical (unpaired) electrons. The molecule has 0 aromatic carbocycles. The van der Waals surface area contributed by atoms with E-state index in [-0.39, 0.29) is 0 Å².